The van der Waals surface area contributed by atoms with Crippen LogP contribution in [0.2, 0.25) is 0 Å². The Labute approximate surface area is 273 Å². The van der Waals surface area contributed by atoms with Crippen LogP contribution < -0.4 is 0 Å². The van der Waals surface area contributed by atoms with Gasteiger partial charge in [-0.25, -0.2) is 0 Å². The maximum atomic E-state index is 6.14. The van der Waals surface area contributed by atoms with E-state index in [1.54, 1.807) is 0 Å². The van der Waals surface area contributed by atoms with E-state index in [0.717, 1.165) is 12.8 Å². The van der Waals surface area contributed by atoms with E-state index >= 15 is 0 Å². The molecule has 0 nitrogen and oxygen atoms in total. The summed E-state index contributed by atoms with van der Waals surface area (Å²) >= 11 is 24.0. The lowest BCUT2D eigenvalue weighted by Crippen LogP contribution is -2.25. The first kappa shape index (κ1) is 41.4. The summed E-state index contributed by atoms with van der Waals surface area (Å²) in [4.78, 5) is 0. The third-order valence-electron chi connectivity index (χ3n) is 8.67. The second-order valence-corrected chi connectivity index (χ2v) is 22.5. The predicted molar refractivity (Wildman–Crippen MR) is 191 cm³/mol. The van der Waals surface area contributed by atoms with Crippen LogP contribution >= 0.6 is 44.8 Å². The standard InChI is InChI=1S/C35H70Cl4Si/c1-2-3-4-5-6-7-8-9-10-11-12-13-14-15-16-17-18-19-20-21-22-23-24-25-26-27-28-29-30-31-32-33-34-35(36)40(37,38)39/h35H,2-34H2,1H3/t35-/m1/s1. The predicted octanol–water partition coefficient (Wildman–Crippen LogP) is 15.7. The van der Waals surface area contributed by atoms with Gasteiger partial charge < -0.3 is 0 Å². The van der Waals surface area contributed by atoms with Gasteiger partial charge in [0.15, 0.2) is 0 Å². The molecule has 0 heterocycles. The van der Waals surface area contributed by atoms with Crippen LogP contribution in [-0.2, 0) is 0 Å². The van der Waals surface area contributed by atoms with Crippen LogP contribution in [0.25, 0.3) is 0 Å². The summed E-state index contributed by atoms with van der Waals surface area (Å²) in [6, 6.07) is -2.70. The molecule has 0 aromatic rings. The summed E-state index contributed by atoms with van der Waals surface area (Å²) in [6.07, 6.45) is 46.6. The fourth-order valence-corrected chi connectivity index (χ4v) is 7.53. The molecule has 0 amide bonds. The summed E-state index contributed by atoms with van der Waals surface area (Å²) in [6.45, 7) is 2.30. The lowest BCUT2D eigenvalue weighted by Gasteiger charge is -2.14. The van der Waals surface area contributed by atoms with Crippen molar-refractivity contribution in [3.8, 4) is 0 Å². The minimum absolute atomic E-state index is 0.231. The highest BCUT2D eigenvalue weighted by atomic mass is 35.8. The Morgan fingerprint density at radius 2 is 0.500 bits per heavy atom. The van der Waals surface area contributed by atoms with Crippen LogP contribution in [0.1, 0.15) is 219 Å². The average molecular weight is 661 g/mol. The monoisotopic (exact) mass is 658 g/mol. The molecule has 1 atom stereocenters. The number of unbranched alkanes of at least 4 members (excludes halogenated alkanes) is 31. The van der Waals surface area contributed by atoms with E-state index in [1.165, 1.54) is 199 Å². The Morgan fingerprint density at radius 1 is 0.325 bits per heavy atom. The molecule has 242 valence electrons. The molecule has 0 aromatic carbocycles. The first-order valence-electron chi connectivity index (χ1n) is 18.2. The van der Waals surface area contributed by atoms with Crippen LogP contribution in [-0.4, -0.2) is 11.0 Å². The highest BCUT2D eigenvalue weighted by Gasteiger charge is 2.34. The smallest absolute Gasteiger partial charge is 0.125 e. The third-order valence-corrected chi connectivity index (χ3v) is 14.2. The van der Waals surface area contributed by atoms with Gasteiger partial charge in [0.05, 0.1) is 5.00 Å². The Hall–Kier alpha value is 1.38. The van der Waals surface area contributed by atoms with Gasteiger partial charge in [-0.05, 0) is 6.42 Å². The van der Waals surface area contributed by atoms with Crippen LogP contribution in [0.3, 0.4) is 0 Å². The van der Waals surface area contributed by atoms with Gasteiger partial charge >= 0.3 is 6.00 Å². The fraction of sp³-hybridized carbons (Fsp3) is 1.00. The van der Waals surface area contributed by atoms with Crippen molar-refractivity contribution in [2.75, 3.05) is 0 Å². The van der Waals surface area contributed by atoms with E-state index in [0.29, 0.717) is 0 Å². The van der Waals surface area contributed by atoms with Gasteiger partial charge in [-0.15, -0.1) is 44.8 Å². The van der Waals surface area contributed by atoms with Gasteiger partial charge in [-0.2, -0.15) is 0 Å². The molecule has 0 unspecified atom stereocenters. The zero-order chi connectivity index (χ0) is 29.4. The highest BCUT2D eigenvalue weighted by molar-refractivity contribution is 7.66. The van der Waals surface area contributed by atoms with Gasteiger partial charge in [0.25, 0.3) is 0 Å². The van der Waals surface area contributed by atoms with Crippen molar-refractivity contribution in [3.63, 3.8) is 0 Å². The van der Waals surface area contributed by atoms with Gasteiger partial charge in [-0.1, -0.05) is 212 Å². The SMILES string of the molecule is CCCCCCCCCCCCCCCCCCCCCCCCCCCCCCCCCC[C@H](Cl)[Si](Cl)(Cl)Cl. The Kier molecular flexibility index (Phi) is 34.4. The number of alkyl halides is 1. The quantitative estimate of drug-likeness (QED) is 0.0279. The third kappa shape index (κ3) is 33.9. The second-order valence-electron chi connectivity index (χ2n) is 12.8. The number of hydrogen-bond donors (Lipinski definition) is 0. The van der Waals surface area contributed by atoms with Gasteiger partial charge in [-0.3, -0.25) is 0 Å². The van der Waals surface area contributed by atoms with Crippen molar-refractivity contribution < 1.29 is 0 Å². The maximum Gasteiger partial charge on any atom is 0.358 e. The van der Waals surface area contributed by atoms with E-state index in [9.17, 15) is 0 Å². The van der Waals surface area contributed by atoms with Crippen LogP contribution in [0.5, 0.6) is 0 Å². The van der Waals surface area contributed by atoms with Crippen molar-refractivity contribution in [2.24, 2.45) is 0 Å². The lowest BCUT2D eigenvalue weighted by atomic mass is 10.0. The van der Waals surface area contributed by atoms with Crippen molar-refractivity contribution in [1.82, 2.24) is 0 Å². The summed E-state index contributed by atoms with van der Waals surface area (Å²) in [5.74, 6) is 0. The van der Waals surface area contributed by atoms with Gasteiger partial charge in [0, 0.05) is 0 Å². The molecule has 0 rings (SSSR count). The Morgan fingerprint density at radius 3 is 0.675 bits per heavy atom. The van der Waals surface area contributed by atoms with Gasteiger partial charge in [0.1, 0.15) is 0 Å². The van der Waals surface area contributed by atoms with Crippen LogP contribution in [0.15, 0.2) is 0 Å². The largest absolute Gasteiger partial charge is 0.358 e. The Balaban J connectivity index is 3.08. The fourth-order valence-electron chi connectivity index (χ4n) is 5.86. The molecule has 0 fully saturated rings. The summed E-state index contributed by atoms with van der Waals surface area (Å²) in [5, 5.41) is -0.231. The molecule has 0 aliphatic heterocycles. The first-order chi connectivity index (χ1) is 19.5. The number of rotatable bonds is 34. The average Bonchev–Trinajstić information content (AvgIpc) is 2.93. The maximum absolute atomic E-state index is 6.14. The minimum atomic E-state index is -2.70. The number of halogens is 4. The molecular weight excluding hydrogens is 590 g/mol. The highest BCUT2D eigenvalue weighted by Crippen LogP contribution is 2.31. The van der Waals surface area contributed by atoms with E-state index < -0.39 is 6.00 Å². The Bertz CT molecular complexity index is 469. The van der Waals surface area contributed by atoms with Crippen molar-refractivity contribution >= 4 is 50.8 Å². The van der Waals surface area contributed by atoms with E-state index in [4.69, 9.17) is 44.8 Å². The van der Waals surface area contributed by atoms with E-state index in [2.05, 4.69) is 6.92 Å². The van der Waals surface area contributed by atoms with E-state index in [1.807, 2.05) is 0 Å². The summed E-state index contributed by atoms with van der Waals surface area (Å²) < 4.78 is 0. The molecule has 40 heavy (non-hydrogen) atoms. The normalized spacial score (nSPS) is 12.8. The second kappa shape index (κ2) is 33.3. The molecular formula is C35H70Cl4Si. The molecule has 5 heteroatoms. The lowest BCUT2D eigenvalue weighted by molar-refractivity contribution is 0.512. The zero-order valence-corrected chi connectivity index (χ0v) is 30.9. The topological polar surface area (TPSA) is 0 Å². The number of hydrogen-bond acceptors (Lipinski definition) is 0. The molecule has 0 spiro atoms. The molecule has 0 aromatic heterocycles. The molecule has 0 aliphatic carbocycles. The molecule has 0 saturated heterocycles. The molecule has 0 aliphatic rings. The molecule has 0 saturated carbocycles. The van der Waals surface area contributed by atoms with Crippen LogP contribution in [0.4, 0.5) is 0 Å². The van der Waals surface area contributed by atoms with E-state index in [-0.39, 0.29) is 5.00 Å². The minimum Gasteiger partial charge on any atom is -0.125 e. The van der Waals surface area contributed by atoms with Crippen molar-refractivity contribution in [3.05, 3.63) is 0 Å². The molecule has 0 bridgehead atoms. The molecule has 0 N–H and O–H groups in total. The molecule has 0 radical (unpaired) electrons. The van der Waals surface area contributed by atoms with Crippen molar-refractivity contribution in [2.45, 2.75) is 224 Å². The van der Waals surface area contributed by atoms with Crippen molar-refractivity contribution in [1.29, 1.82) is 0 Å². The van der Waals surface area contributed by atoms with Gasteiger partial charge in [0.2, 0.25) is 0 Å². The summed E-state index contributed by atoms with van der Waals surface area (Å²) in [7, 11) is 0. The summed E-state index contributed by atoms with van der Waals surface area (Å²) in [5.41, 5.74) is 0. The van der Waals surface area contributed by atoms with Crippen LogP contribution in [0, 0.1) is 0 Å². The zero-order valence-electron chi connectivity index (χ0n) is 26.9. The first-order valence-corrected chi connectivity index (χ1v) is 23.7.